The van der Waals surface area contributed by atoms with Crippen LogP contribution in [0.25, 0.3) is 0 Å². The minimum absolute atomic E-state index is 0.0772. The van der Waals surface area contributed by atoms with Crippen LogP contribution >= 0.6 is 0 Å². The molecule has 1 saturated carbocycles. The molecule has 3 atom stereocenters. The molecule has 0 aliphatic heterocycles. The van der Waals surface area contributed by atoms with Crippen molar-refractivity contribution in [3.05, 3.63) is 94.8 Å². The third-order valence-electron chi connectivity index (χ3n) is 8.65. The summed E-state index contributed by atoms with van der Waals surface area (Å²) in [5, 5.41) is 14.6. The first-order valence-corrected chi connectivity index (χ1v) is 14.0. The first kappa shape index (κ1) is 26.6. The number of benzene rings is 2. The van der Waals surface area contributed by atoms with Gasteiger partial charge in [-0.15, -0.1) is 0 Å². The number of fused-ring (bicyclic) bond motifs is 3. The van der Waals surface area contributed by atoms with E-state index in [2.05, 4.69) is 52.8 Å². The van der Waals surface area contributed by atoms with Crippen LogP contribution in [0.1, 0.15) is 78.7 Å². The lowest BCUT2D eigenvalue weighted by atomic mass is 9.56. The highest BCUT2D eigenvalue weighted by Gasteiger charge is 2.50. The van der Waals surface area contributed by atoms with Crippen LogP contribution in [0.2, 0.25) is 0 Å². The average Bonchev–Trinajstić information content (AvgIpc) is 3.05. The molecule has 0 unspecified atom stereocenters. The number of ether oxygens (including phenoxy) is 1. The van der Waals surface area contributed by atoms with Crippen molar-refractivity contribution in [2.75, 3.05) is 11.9 Å². The van der Waals surface area contributed by atoms with Gasteiger partial charge in [-0.05, 0) is 113 Å². The fraction of sp³-hybridized carbons (Fsp3) is 0.455. The summed E-state index contributed by atoms with van der Waals surface area (Å²) in [5.74, 6) is 0.238. The SMILES string of the molecule is Cc1ncccc1NC(=O)c1ccc2c(c1)CCC[C@H]1C[C@@](O)(COC(C)C)CC[C@@]21Cc1ccccc1. The van der Waals surface area contributed by atoms with Crippen molar-refractivity contribution in [3.63, 3.8) is 0 Å². The number of nitrogens with one attached hydrogen (secondary N) is 1. The van der Waals surface area contributed by atoms with Gasteiger partial charge in [0.25, 0.3) is 5.91 Å². The van der Waals surface area contributed by atoms with E-state index < -0.39 is 5.60 Å². The van der Waals surface area contributed by atoms with Crippen LogP contribution in [-0.4, -0.2) is 34.3 Å². The zero-order valence-corrected chi connectivity index (χ0v) is 22.9. The maximum atomic E-state index is 13.2. The zero-order valence-electron chi connectivity index (χ0n) is 22.9. The Hall–Kier alpha value is -3.02. The molecule has 5 nitrogen and oxygen atoms in total. The van der Waals surface area contributed by atoms with E-state index in [0.717, 1.165) is 49.9 Å². The molecule has 200 valence electrons. The number of aliphatic hydroxyl groups is 1. The number of anilines is 1. The number of hydrogen-bond acceptors (Lipinski definition) is 4. The van der Waals surface area contributed by atoms with Gasteiger partial charge in [0.1, 0.15) is 0 Å². The molecule has 5 rings (SSSR count). The number of nitrogens with zero attached hydrogens (tertiary/aromatic N) is 1. The first-order valence-electron chi connectivity index (χ1n) is 14.0. The van der Waals surface area contributed by atoms with Crippen LogP contribution in [-0.2, 0) is 23.0 Å². The number of carbonyl (C=O) groups excluding carboxylic acids is 1. The second-order valence-corrected chi connectivity index (χ2v) is 11.7. The third kappa shape index (κ3) is 5.55. The Morgan fingerprint density at radius 2 is 1.95 bits per heavy atom. The summed E-state index contributed by atoms with van der Waals surface area (Å²) < 4.78 is 5.92. The molecule has 1 heterocycles. The third-order valence-corrected chi connectivity index (χ3v) is 8.65. The van der Waals surface area contributed by atoms with Gasteiger partial charge in [-0.25, -0.2) is 0 Å². The summed E-state index contributed by atoms with van der Waals surface area (Å²) >= 11 is 0. The number of aromatic nitrogens is 1. The van der Waals surface area contributed by atoms with E-state index in [1.807, 2.05) is 39.0 Å². The quantitative estimate of drug-likeness (QED) is 0.383. The van der Waals surface area contributed by atoms with Gasteiger partial charge in [0.2, 0.25) is 0 Å². The number of rotatable bonds is 7. The zero-order chi connectivity index (χ0) is 26.8. The van der Waals surface area contributed by atoms with Gasteiger partial charge in [-0.1, -0.05) is 36.4 Å². The molecule has 2 aromatic carbocycles. The van der Waals surface area contributed by atoms with Crippen molar-refractivity contribution in [2.45, 2.75) is 82.8 Å². The smallest absolute Gasteiger partial charge is 0.255 e. The molecule has 1 aromatic heterocycles. The van der Waals surface area contributed by atoms with Crippen LogP contribution in [0.15, 0.2) is 66.9 Å². The standard InChI is InChI=1S/C33H40N2O3/c1-23(2)38-22-32(37)16-17-33(20-25-9-5-4-6-10-25)28(21-32)12-7-11-26-19-27(14-15-29(26)33)31(36)35-30-13-8-18-34-24(30)3/h4-6,8-10,13-15,18-19,23,28,37H,7,11-12,16-17,20-22H2,1-3H3,(H,35,36)/t28-,32+,33-/m0/s1. The van der Waals surface area contributed by atoms with Crippen molar-refractivity contribution >= 4 is 11.6 Å². The van der Waals surface area contributed by atoms with Crippen LogP contribution in [0.5, 0.6) is 0 Å². The van der Waals surface area contributed by atoms with E-state index in [9.17, 15) is 9.90 Å². The lowest BCUT2D eigenvalue weighted by Gasteiger charge is -2.50. The van der Waals surface area contributed by atoms with E-state index in [1.165, 1.54) is 16.7 Å². The molecule has 2 aliphatic carbocycles. The van der Waals surface area contributed by atoms with Crippen LogP contribution in [0.3, 0.4) is 0 Å². The fourth-order valence-electron chi connectivity index (χ4n) is 6.67. The van der Waals surface area contributed by atoms with Gasteiger partial charge in [0, 0.05) is 17.2 Å². The minimum Gasteiger partial charge on any atom is -0.387 e. The van der Waals surface area contributed by atoms with Crippen LogP contribution < -0.4 is 5.32 Å². The average molecular weight is 513 g/mol. The lowest BCUT2D eigenvalue weighted by Crippen LogP contribution is -2.51. The van der Waals surface area contributed by atoms with Gasteiger partial charge >= 0.3 is 0 Å². The topological polar surface area (TPSA) is 71.5 Å². The molecule has 2 aliphatic rings. The van der Waals surface area contributed by atoms with E-state index in [4.69, 9.17) is 4.74 Å². The maximum absolute atomic E-state index is 13.2. The minimum atomic E-state index is -0.791. The van der Waals surface area contributed by atoms with E-state index in [0.29, 0.717) is 24.5 Å². The molecule has 0 bridgehead atoms. The highest BCUT2D eigenvalue weighted by Crippen LogP contribution is 2.53. The second-order valence-electron chi connectivity index (χ2n) is 11.7. The molecule has 5 heteroatoms. The Labute approximate surface area is 226 Å². The first-order chi connectivity index (χ1) is 18.3. The number of carbonyl (C=O) groups is 1. The number of aryl methyl sites for hydroxylation is 2. The molecule has 0 radical (unpaired) electrons. The molecule has 2 N–H and O–H groups in total. The Morgan fingerprint density at radius 3 is 2.71 bits per heavy atom. The van der Waals surface area contributed by atoms with Gasteiger partial charge in [0.05, 0.1) is 29.7 Å². The van der Waals surface area contributed by atoms with E-state index in [1.54, 1.807) is 6.20 Å². The van der Waals surface area contributed by atoms with Crippen molar-refractivity contribution in [1.29, 1.82) is 0 Å². The van der Waals surface area contributed by atoms with Crippen molar-refractivity contribution in [2.24, 2.45) is 5.92 Å². The Bertz CT molecular complexity index is 1270. The summed E-state index contributed by atoms with van der Waals surface area (Å²) in [6, 6.07) is 20.7. The fourth-order valence-corrected chi connectivity index (χ4v) is 6.67. The second kappa shape index (κ2) is 11.0. The normalized spacial score (nSPS) is 24.8. The monoisotopic (exact) mass is 512 g/mol. The highest BCUT2D eigenvalue weighted by molar-refractivity contribution is 6.04. The van der Waals surface area contributed by atoms with Gasteiger partial charge in [-0.2, -0.15) is 0 Å². The Balaban J connectivity index is 1.49. The predicted molar refractivity (Wildman–Crippen MR) is 152 cm³/mol. The van der Waals surface area contributed by atoms with Crippen LogP contribution in [0.4, 0.5) is 5.69 Å². The van der Waals surface area contributed by atoms with E-state index >= 15 is 0 Å². The molecular weight excluding hydrogens is 472 g/mol. The van der Waals surface area contributed by atoms with Crippen molar-refractivity contribution < 1.29 is 14.6 Å². The molecule has 3 aromatic rings. The number of pyridine rings is 1. The number of hydrogen-bond donors (Lipinski definition) is 2. The highest BCUT2D eigenvalue weighted by atomic mass is 16.5. The molecule has 0 saturated heterocycles. The lowest BCUT2D eigenvalue weighted by molar-refractivity contribution is -0.110. The van der Waals surface area contributed by atoms with Crippen LogP contribution in [0, 0.1) is 12.8 Å². The van der Waals surface area contributed by atoms with Gasteiger partial charge < -0.3 is 15.2 Å². The summed E-state index contributed by atoms with van der Waals surface area (Å²) in [5.41, 5.74) is 5.29. The van der Waals surface area contributed by atoms with E-state index in [-0.39, 0.29) is 17.4 Å². The largest absolute Gasteiger partial charge is 0.387 e. The molecule has 1 amide bonds. The predicted octanol–water partition coefficient (Wildman–Crippen LogP) is 6.42. The van der Waals surface area contributed by atoms with Crippen molar-refractivity contribution in [3.8, 4) is 0 Å². The maximum Gasteiger partial charge on any atom is 0.255 e. The van der Waals surface area contributed by atoms with Gasteiger partial charge in [0.15, 0.2) is 0 Å². The summed E-state index contributed by atoms with van der Waals surface area (Å²) in [6.45, 7) is 6.34. The molecular formula is C33H40N2O3. The molecule has 38 heavy (non-hydrogen) atoms. The Kier molecular flexibility index (Phi) is 7.69. The summed E-state index contributed by atoms with van der Waals surface area (Å²) in [7, 11) is 0. The van der Waals surface area contributed by atoms with Gasteiger partial charge in [-0.3, -0.25) is 9.78 Å². The molecule has 1 fully saturated rings. The summed E-state index contributed by atoms with van der Waals surface area (Å²) in [4.78, 5) is 17.5. The summed E-state index contributed by atoms with van der Waals surface area (Å²) in [6.07, 6.45) is 8.17. The number of amides is 1. The molecule has 0 spiro atoms. The van der Waals surface area contributed by atoms with Crippen molar-refractivity contribution in [1.82, 2.24) is 4.98 Å². The Morgan fingerprint density at radius 1 is 1.13 bits per heavy atom.